The van der Waals surface area contributed by atoms with Gasteiger partial charge in [-0.25, -0.2) is 9.78 Å². The summed E-state index contributed by atoms with van der Waals surface area (Å²) in [6.07, 6.45) is 1.01. The molecular formula is C35H52N4O10S2. The Morgan fingerprint density at radius 1 is 0.824 bits per heavy atom. The van der Waals surface area contributed by atoms with Crippen molar-refractivity contribution in [2.24, 2.45) is 0 Å². The SMILES string of the molecule is CCOC(=O)CCOCCOCCOCCOCCOCCOCCNCCCNc1sc2c(c1-c1nc3ccccc3s1)CCN(C(=O)O)C2. The average molecular weight is 753 g/mol. The number of carbonyl (C=O) groups excluding carboxylic acids is 1. The van der Waals surface area contributed by atoms with Gasteiger partial charge in [-0.2, -0.15) is 0 Å². The number of carbonyl (C=O) groups is 2. The molecule has 0 spiro atoms. The van der Waals surface area contributed by atoms with Crippen LogP contribution in [0.1, 0.15) is 30.2 Å². The van der Waals surface area contributed by atoms with Crippen LogP contribution in [-0.4, -0.2) is 139 Å². The largest absolute Gasteiger partial charge is 0.466 e. The first-order valence-electron chi connectivity index (χ1n) is 17.6. The highest BCUT2D eigenvalue weighted by Crippen LogP contribution is 2.45. The van der Waals surface area contributed by atoms with Crippen molar-refractivity contribution in [3.05, 3.63) is 34.7 Å². The number of benzene rings is 1. The maximum absolute atomic E-state index is 11.6. The number of hydrogen-bond acceptors (Lipinski definition) is 14. The second-order valence-electron chi connectivity index (χ2n) is 11.4. The molecule has 4 rings (SSSR count). The number of thiazole rings is 1. The second kappa shape index (κ2) is 24.3. The summed E-state index contributed by atoms with van der Waals surface area (Å²) >= 11 is 3.34. The summed E-state index contributed by atoms with van der Waals surface area (Å²) in [5, 5.41) is 18.6. The summed E-state index contributed by atoms with van der Waals surface area (Å²) in [5.41, 5.74) is 3.34. The molecular weight excluding hydrogens is 701 g/mol. The lowest BCUT2D eigenvalue weighted by Gasteiger charge is -2.24. The molecule has 0 unspecified atom stereocenters. The van der Waals surface area contributed by atoms with Crippen molar-refractivity contribution in [2.45, 2.75) is 32.7 Å². The molecule has 16 heteroatoms. The van der Waals surface area contributed by atoms with Gasteiger partial charge in [-0.1, -0.05) is 12.1 Å². The molecule has 0 radical (unpaired) electrons. The minimum atomic E-state index is -0.874. The fourth-order valence-electron chi connectivity index (χ4n) is 5.17. The number of hydrogen-bond donors (Lipinski definition) is 3. The van der Waals surface area contributed by atoms with Crippen molar-refractivity contribution in [3.63, 3.8) is 0 Å². The zero-order valence-electron chi connectivity index (χ0n) is 29.5. The highest BCUT2D eigenvalue weighted by Gasteiger charge is 2.28. The van der Waals surface area contributed by atoms with E-state index in [1.807, 2.05) is 18.2 Å². The predicted octanol–water partition coefficient (Wildman–Crippen LogP) is 4.51. The Kier molecular flexibility index (Phi) is 19.5. The van der Waals surface area contributed by atoms with Crippen molar-refractivity contribution in [1.82, 2.24) is 15.2 Å². The van der Waals surface area contributed by atoms with Crippen LogP contribution in [0.5, 0.6) is 0 Å². The standard InChI is InChI=1S/C35H52N4O10S2/c1-2-49-31(40)9-14-43-16-18-45-20-22-47-24-25-48-23-21-46-19-17-44-15-12-36-10-5-11-37-33-32(34-38-28-6-3-4-7-29(28)50-34)27-8-13-39(35(41)42)26-30(27)51-33/h3-4,6-7,36-37H,2,5,8-26H2,1H3,(H,41,42). The molecule has 0 atom stereocenters. The summed E-state index contributed by atoms with van der Waals surface area (Å²) in [4.78, 5) is 30.3. The molecule has 1 aliphatic heterocycles. The maximum atomic E-state index is 11.6. The molecule has 3 N–H and O–H groups in total. The van der Waals surface area contributed by atoms with Crippen molar-refractivity contribution in [2.75, 3.05) is 117 Å². The third-order valence-electron chi connectivity index (χ3n) is 7.69. The van der Waals surface area contributed by atoms with Gasteiger partial charge in [0.25, 0.3) is 0 Å². The lowest BCUT2D eigenvalue weighted by atomic mass is 10.0. The van der Waals surface area contributed by atoms with Gasteiger partial charge in [-0.15, -0.1) is 22.7 Å². The van der Waals surface area contributed by atoms with Gasteiger partial charge in [-0.05, 0) is 44.0 Å². The van der Waals surface area contributed by atoms with E-state index in [-0.39, 0.29) is 12.4 Å². The molecule has 0 saturated heterocycles. The number of nitrogens with zero attached hydrogens (tertiary/aromatic N) is 2. The minimum absolute atomic E-state index is 0.252. The molecule has 3 aromatic rings. The first kappa shape index (κ1) is 40.8. The molecule has 1 amide bonds. The van der Waals surface area contributed by atoms with Crippen molar-refractivity contribution >= 4 is 50.0 Å². The number of esters is 1. The van der Waals surface area contributed by atoms with Crippen LogP contribution in [-0.2, 0) is 50.9 Å². The Morgan fingerprint density at radius 2 is 1.45 bits per heavy atom. The van der Waals surface area contributed by atoms with Crippen LogP contribution in [0.2, 0.25) is 0 Å². The summed E-state index contributed by atoms with van der Waals surface area (Å²) < 4.78 is 38.9. The van der Waals surface area contributed by atoms with Crippen LogP contribution in [0.25, 0.3) is 20.8 Å². The molecule has 2 aromatic heterocycles. The minimum Gasteiger partial charge on any atom is -0.466 e. The van der Waals surface area contributed by atoms with Crippen LogP contribution in [0.4, 0.5) is 9.80 Å². The molecule has 14 nitrogen and oxygen atoms in total. The Morgan fingerprint density at radius 3 is 2.08 bits per heavy atom. The highest BCUT2D eigenvalue weighted by molar-refractivity contribution is 7.22. The number of para-hydroxylation sites is 1. The molecule has 0 bridgehead atoms. The van der Waals surface area contributed by atoms with E-state index in [0.29, 0.717) is 105 Å². The van der Waals surface area contributed by atoms with Crippen LogP contribution in [0.15, 0.2) is 24.3 Å². The second-order valence-corrected chi connectivity index (χ2v) is 13.5. The van der Waals surface area contributed by atoms with E-state index < -0.39 is 6.09 Å². The van der Waals surface area contributed by atoms with Gasteiger partial charge in [-0.3, -0.25) is 4.79 Å². The smallest absolute Gasteiger partial charge is 0.407 e. The quantitative estimate of drug-likeness (QED) is 0.0704. The van der Waals surface area contributed by atoms with Gasteiger partial charge < -0.3 is 53.8 Å². The van der Waals surface area contributed by atoms with Crippen molar-refractivity contribution in [1.29, 1.82) is 0 Å². The zero-order chi connectivity index (χ0) is 35.9. The van der Waals surface area contributed by atoms with E-state index in [2.05, 4.69) is 16.7 Å². The lowest BCUT2D eigenvalue weighted by molar-refractivity contribution is -0.144. The normalized spacial score (nSPS) is 12.8. The summed E-state index contributed by atoms with van der Waals surface area (Å²) in [5.74, 6) is -0.252. The Hall–Kier alpha value is -2.93. The fraction of sp³-hybridized carbons (Fsp3) is 0.629. The number of aromatic nitrogens is 1. The Labute approximate surface area is 307 Å². The summed E-state index contributed by atoms with van der Waals surface area (Å²) in [7, 11) is 0. The summed E-state index contributed by atoms with van der Waals surface area (Å²) in [6.45, 7) is 11.3. The first-order valence-corrected chi connectivity index (χ1v) is 19.2. The summed E-state index contributed by atoms with van der Waals surface area (Å²) in [6, 6.07) is 8.15. The van der Waals surface area contributed by atoms with Gasteiger partial charge in [0, 0.05) is 30.1 Å². The van der Waals surface area contributed by atoms with Gasteiger partial charge in [0.1, 0.15) is 5.01 Å². The fourth-order valence-corrected chi connectivity index (χ4v) is 7.57. The molecule has 0 aliphatic carbocycles. The van der Waals surface area contributed by atoms with E-state index in [1.165, 1.54) is 10.5 Å². The van der Waals surface area contributed by atoms with E-state index >= 15 is 0 Å². The zero-order valence-corrected chi connectivity index (χ0v) is 31.1. The van der Waals surface area contributed by atoms with Crippen LogP contribution in [0, 0.1) is 0 Å². The third kappa shape index (κ3) is 14.9. The van der Waals surface area contributed by atoms with Gasteiger partial charge >= 0.3 is 12.1 Å². The monoisotopic (exact) mass is 752 g/mol. The number of rotatable bonds is 28. The first-order chi connectivity index (χ1) is 25.1. The molecule has 1 aliphatic rings. The van der Waals surface area contributed by atoms with Crippen LogP contribution in [0.3, 0.4) is 0 Å². The number of fused-ring (bicyclic) bond motifs is 2. The van der Waals surface area contributed by atoms with E-state index in [0.717, 1.165) is 56.7 Å². The number of anilines is 1. The topological polar surface area (TPSA) is 159 Å². The van der Waals surface area contributed by atoms with E-state index in [4.69, 9.17) is 38.1 Å². The Bertz CT molecular complexity index is 1410. The van der Waals surface area contributed by atoms with E-state index in [1.54, 1.807) is 29.6 Å². The number of nitrogens with one attached hydrogen (secondary N) is 2. The molecule has 284 valence electrons. The lowest BCUT2D eigenvalue weighted by Crippen LogP contribution is -2.34. The molecule has 51 heavy (non-hydrogen) atoms. The number of ether oxygens (including phenoxy) is 7. The van der Waals surface area contributed by atoms with E-state index in [9.17, 15) is 14.7 Å². The van der Waals surface area contributed by atoms with Gasteiger partial charge in [0.15, 0.2) is 0 Å². The highest BCUT2D eigenvalue weighted by atomic mass is 32.1. The van der Waals surface area contributed by atoms with Gasteiger partial charge in [0.05, 0.1) is 114 Å². The predicted molar refractivity (Wildman–Crippen MR) is 197 cm³/mol. The number of thiophene rings is 1. The molecule has 0 saturated carbocycles. The molecule has 1 aromatic carbocycles. The maximum Gasteiger partial charge on any atom is 0.407 e. The molecule has 3 heterocycles. The molecule has 0 fully saturated rings. The third-order valence-corrected chi connectivity index (χ3v) is 9.92. The van der Waals surface area contributed by atoms with Crippen molar-refractivity contribution in [3.8, 4) is 10.6 Å². The number of carboxylic acid groups (broad SMARTS) is 1. The number of amides is 1. The van der Waals surface area contributed by atoms with Crippen LogP contribution >= 0.6 is 22.7 Å². The van der Waals surface area contributed by atoms with Crippen molar-refractivity contribution < 1.29 is 47.9 Å². The van der Waals surface area contributed by atoms with Gasteiger partial charge in [0.2, 0.25) is 0 Å². The Balaban J connectivity index is 0.948. The van der Waals surface area contributed by atoms with Crippen LogP contribution < -0.4 is 10.6 Å². The average Bonchev–Trinajstić information content (AvgIpc) is 3.72.